The maximum absolute atomic E-state index is 12.0. The second kappa shape index (κ2) is 6.01. The molecule has 1 heterocycles. The number of epoxide rings is 1. The molecule has 9 heteroatoms. The van der Waals surface area contributed by atoms with Crippen molar-refractivity contribution in [3.05, 3.63) is 0 Å². The van der Waals surface area contributed by atoms with Crippen LogP contribution in [0.2, 0.25) is 0 Å². The zero-order chi connectivity index (χ0) is 13.8. The summed E-state index contributed by atoms with van der Waals surface area (Å²) in [5, 5.41) is 1.50. The van der Waals surface area contributed by atoms with Gasteiger partial charge in [-0.05, 0) is 0 Å². The lowest BCUT2D eigenvalue weighted by Gasteiger charge is -2.17. The van der Waals surface area contributed by atoms with Gasteiger partial charge in [-0.3, -0.25) is 4.79 Å². The fourth-order valence-corrected chi connectivity index (χ4v) is 1.03. The van der Waals surface area contributed by atoms with Crippen molar-refractivity contribution in [2.45, 2.75) is 18.3 Å². The molecule has 0 aromatic carbocycles. The van der Waals surface area contributed by atoms with Crippen LogP contribution in [0, 0.1) is 0 Å². The largest absolute Gasteiger partial charge is 0.471 e. The normalized spacial score (nSPS) is 20.1. The van der Waals surface area contributed by atoms with E-state index >= 15 is 0 Å². The summed E-state index contributed by atoms with van der Waals surface area (Å²) in [5.74, 6) is -3.23. The number of carbonyl (C=O) groups excluding carboxylic acids is 2. The predicted octanol–water partition coefficient (Wildman–Crippen LogP) is -0.378. The number of rotatable bonds is 6. The van der Waals surface area contributed by atoms with Gasteiger partial charge in [0.1, 0.15) is 6.10 Å². The molecule has 2 unspecified atom stereocenters. The van der Waals surface area contributed by atoms with E-state index in [4.69, 9.17) is 9.47 Å². The predicted molar refractivity (Wildman–Crippen MR) is 50.6 cm³/mol. The van der Waals surface area contributed by atoms with Gasteiger partial charge in [0.2, 0.25) is 0 Å². The molecule has 1 amide bonds. The molecule has 1 N–H and O–H groups in total. The Labute approximate surface area is 100 Å². The molecular formula is C9H12F3NO5. The van der Waals surface area contributed by atoms with Crippen LogP contribution in [0.4, 0.5) is 13.2 Å². The van der Waals surface area contributed by atoms with Gasteiger partial charge in [0.15, 0.2) is 6.04 Å². The second-order valence-corrected chi connectivity index (χ2v) is 3.54. The molecule has 104 valence electrons. The summed E-state index contributed by atoms with van der Waals surface area (Å²) in [5.41, 5.74) is 0. The van der Waals surface area contributed by atoms with Gasteiger partial charge in [0.05, 0.1) is 26.9 Å². The van der Waals surface area contributed by atoms with Crippen LogP contribution >= 0.6 is 0 Å². The Hall–Kier alpha value is -1.35. The average Bonchev–Trinajstić information content (AvgIpc) is 3.09. The monoisotopic (exact) mass is 271 g/mol. The zero-order valence-corrected chi connectivity index (χ0v) is 9.45. The molecule has 0 aliphatic carbocycles. The smallest absolute Gasteiger partial charge is 0.467 e. The van der Waals surface area contributed by atoms with Crippen molar-refractivity contribution in [2.24, 2.45) is 0 Å². The van der Waals surface area contributed by atoms with Gasteiger partial charge in [-0.2, -0.15) is 13.2 Å². The molecule has 18 heavy (non-hydrogen) atoms. The first-order valence-corrected chi connectivity index (χ1v) is 4.99. The zero-order valence-electron chi connectivity index (χ0n) is 9.45. The Balaban J connectivity index is 2.43. The summed E-state index contributed by atoms with van der Waals surface area (Å²) in [4.78, 5) is 21.8. The molecule has 0 aromatic rings. The Morgan fingerprint density at radius 3 is 2.56 bits per heavy atom. The first-order chi connectivity index (χ1) is 8.34. The van der Waals surface area contributed by atoms with Crippen LogP contribution in [0.5, 0.6) is 0 Å². The number of amides is 1. The van der Waals surface area contributed by atoms with Crippen molar-refractivity contribution in [1.82, 2.24) is 5.32 Å². The quantitative estimate of drug-likeness (QED) is 0.526. The topological polar surface area (TPSA) is 77.2 Å². The van der Waals surface area contributed by atoms with E-state index in [0.717, 1.165) is 7.11 Å². The van der Waals surface area contributed by atoms with Crippen LogP contribution in [0.1, 0.15) is 0 Å². The number of esters is 1. The maximum atomic E-state index is 12.0. The molecule has 0 bridgehead atoms. The number of hydrogen-bond donors (Lipinski definition) is 1. The Kier molecular flexibility index (Phi) is 4.91. The van der Waals surface area contributed by atoms with Crippen molar-refractivity contribution in [3.63, 3.8) is 0 Å². The first kappa shape index (κ1) is 14.7. The number of halogens is 3. The van der Waals surface area contributed by atoms with Crippen molar-refractivity contribution < 1.29 is 37.0 Å². The van der Waals surface area contributed by atoms with Crippen molar-refractivity contribution in [1.29, 1.82) is 0 Å². The lowest BCUT2D eigenvalue weighted by Crippen LogP contribution is -2.49. The third-order valence-electron chi connectivity index (χ3n) is 2.04. The highest BCUT2D eigenvalue weighted by Crippen LogP contribution is 2.15. The minimum absolute atomic E-state index is 0.0957. The fourth-order valence-electron chi connectivity index (χ4n) is 1.03. The second-order valence-electron chi connectivity index (χ2n) is 3.54. The third kappa shape index (κ3) is 4.88. The van der Waals surface area contributed by atoms with Gasteiger partial charge in [-0.25, -0.2) is 4.79 Å². The highest BCUT2D eigenvalue weighted by atomic mass is 19.4. The molecule has 6 nitrogen and oxygen atoms in total. The van der Waals surface area contributed by atoms with Crippen LogP contribution in [0.15, 0.2) is 0 Å². The summed E-state index contributed by atoms with van der Waals surface area (Å²) in [6.45, 7) is 0.252. The molecule has 0 spiro atoms. The van der Waals surface area contributed by atoms with Gasteiger partial charge in [-0.15, -0.1) is 0 Å². The number of methoxy groups -OCH3 is 1. The summed E-state index contributed by atoms with van der Waals surface area (Å²) in [6, 6.07) is -1.50. The maximum Gasteiger partial charge on any atom is 0.471 e. The van der Waals surface area contributed by atoms with Crippen molar-refractivity contribution >= 4 is 11.9 Å². The molecule has 1 aliphatic rings. The average molecular weight is 271 g/mol. The number of alkyl halides is 3. The molecule has 1 fully saturated rings. The SMILES string of the molecule is COC(=O)C(COCC1CO1)NC(=O)C(F)(F)F. The number of ether oxygens (including phenoxy) is 3. The van der Waals surface area contributed by atoms with E-state index in [1.54, 1.807) is 0 Å². The van der Waals surface area contributed by atoms with Crippen LogP contribution in [-0.2, 0) is 23.8 Å². The minimum atomic E-state index is -5.06. The van der Waals surface area contributed by atoms with Crippen molar-refractivity contribution in [2.75, 3.05) is 26.9 Å². The summed E-state index contributed by atoms with van der Waals surface area (Å²) in [6.07, 6.45) is -5.16. The lowest BCUT2D eigenvalue weighted by atomic mass is 10.3. The molecule has 1 aliphatic heterocycles. The van der Waals surface area contributed by atoms with Gasteiger partial charge < -0.3 is 19.5 Å². The van der Waals surface area contributed by atoms with E-state index in [2.05, 4.69) is 4.74 Å². The standard InChI is InChI=1S/C9H12F3NO5/c1-16-7(14)6(4-17-2-5-3-18-5)13-8(15)9(10,11)12/h5-6H,2-4H2,1H3,(H,13,15). The van der Waals surface area contributed by atoms with Crippen LogP contribution in [-0.4, -0.2) is 57.1 Å². The number of nitrogens with one attached hydrogen (secondary N) is 1. The van der Waals surface area contributed by atoms with E-state index in [9.17, 15) is 22.8 Å². The molecule has 0 radical (unpaired) electrons. The molecule has 2 atom stereocenters. The Morgan fingerprint density at radius 1 is 1.50 bits per heavy atom. The first-order valence-electron chi connectivity index (χ1n) is 4.99. The van der Waals surface area contributed by atoms with E-state index in [-0.39, 0.29) is 12.7 Å². The lowest BCUT2D eigenvalue weighted by molar-refractivity contribution is -0.176. The molecular weight excluding hydrogens is 259 g/mol. The highest BCUT2D eigenvalue weighted by molar-refractivity contribution is 5.87. The summed E-state index contributed by atoms with van der Waals surface area (Å²) < 4.78 is 50.1. The third-order valence-corrected chi connectivity index (χ3v) is 2.04. The van der Waals surface area contributed by atoms with Gasteiger partial charge in [0.25, 0.3) is 0 Å². The van der Waals surface area contributed by atoms with Crippen molar-refractivity contribution in [3.8, 4) is 0 Å². The van der Waals surface area contributed by atoms with E-state index in [0.29, 0.717) is 6.61 Å². The number of carbonyl (C=O) groups is 2. The van der Waals surface area contributed by atoms with Gasteiger partial charge in [0, 0.05) is 0 Å². The van der Waals surface area contributed by atoms with E-state index in [1.165, 1.54) is 5.32 Å². The molecule has 0 aromatic heterocycles. The minimum Gasteiger partial charge on any atom is -0.467 e. The van der Waals surface area contributed by atoms with Crippen LogP contribution in [0.3, 0.4) is 0 Å². The van der Waals surface area contributed by atoms with Gasteiger partial charge >= 0.3 is 18.1 Å². The van der Waals surface area contributed by atoms with Gasteiger partial charge in [-0.1, -0.05) is 0 Å². The van der Waals surface area contributed by atoms with E-state index in [1.807, 2.05) is 0 Å². The van der Waals surface area contributed by atoms with Crippen LogP contribution in [0.25, 0.3) is 0 Å². The fraction of sp³-hybridized carbons (Fsp3) is 0.778. The summed E-state index contributed by atoms with van der Waals surface area (Å²) in [7, 11) is 0.999. The van der Waals surface area contributed by atoms with Crippen LogP contribution < -0.4 is 5.32 Å². The number of hydrogen-bond acceptors (Lipinski definition) is 5. The molecule has 1 saturated heterocycles. The Morgan fingerprint density at radius 2 is 2.11 bits per heavy atom. The Bertz CT molecular complexity index is 316. The molecule has 1 rings (SSSR count). The highest BCUT2D eigenvalue weighted by Gasteiger charge is 2.41. The summed E-state index contributed by atoms with van der Waals surface area (Å²) >= 11 is 0. The van der Waals surface area contributed by atoms with E-state index < -0.39 is 30.7 Å². The molecule has 0 saturated carbocycles.